The molecule has 2 heterocycles. The van der Waals surface area contributed by atoms with Gasteiger partial charge in [-0.05, 0) is 24.3 Å². The van der Waals surface area contributed by atoms with Gasteiger partial charge in [-0.1, -0.05) is 48.2 Å². The van der Waals surface area contributed by atoms with Crippen molar-refractivity contribution in [2.24, 2.45) is 14.1 Å². The number of hydrogen-bond donors (Lipinski definition) is 2. The van der Waals surface area contributed by atoms with Crippen LogP contribution in [0.3, 0.4) is 0 Å². The van der Waals surface area contributed by atoms with Crippen molar-refractivity contribution in [2.75, 3.05) is 17.7 Å². The summed E-state index contributed by atoms with van der Waals surface area (Å²) in [5, 5.41) is 13.8. The molecule has 0 aliphatic carbocycles. The van der Waals surface area contributed by atoms with Crippen molar-refractivity contribution in [1.82, 2.24) is 18.7 Å². The van der Waals surface area contributed by atoms with Gasteiger partial charge in [0.2, 0.25) is 5.91 Å². The van der Waals surface area contributed by atoms with Gasteiger partial charge in [0.25, 0.3) is 5.56 Å². The lowest BCUT2D eigenvalue weighted by Gasteiger charge is -2.15. The van der Waals surface area contributed by atoms with Crippen LogP contribution in [0.25, 0.3) is 11.2 Å². The van der Waals surface area contributed by atoms with Gasteiger partial charge in [-0.15, -0.1) is 0 Å². The maximum atomic E-state index is 13.0. The minimum atomic E-state index is -0.980. The molecule has 0 bridgehead atoms. The Kier molecular flexibility index (Phi) is 7.37. The molecule has 1 atom stereocenters. The summed E-state index contributed by atoms with van der Waals surface area (Å²) in [5.74, 6) is 0.366. The summed E-state index contributed by atoms with van der Waals surface area (Å²) in [6.07, 6.45) is -0.980. The summed E-state index contributed by atoms with van der Waals surface area (Å²) >= 11 is 1.11. The second-order valence-corrected chi connectivity index (χ2v) is 8.81. The van der Waals surface area contributed by atoms with E-state index < -0.39 is 17.4 Å². The number of nitrogens with one attached hydrogen (secondary N) is 1. The number of imidazole rings is 1. The molecule has 11 heteroatoms. The number of rotatable bonds is 9. The van der Waals surface area contributed by atoms with Gasteiger partial charge in [0, 0.05) is 19.8 Å². The van der Waals surface area contributed by atoms with Crippen LogP contribution in [0.1, 0.15) is 0 Å². The van der Waals surface area contributed by atoms with E-state index in [1.807, 2.05) is 36.4 Å². The number of para-hydroxylation sites is 2. The van der Waals surface area contributed by atoms with Crippen LogP contribution in [-0.2, 0) is 25.4 Å². The predicted molar refractivity (Wildman–Crippen MR) is 134 cm³/mol. The van der Waals surface area contributed by atoms with Crippen molar-refractivity contribution in [1.29, 1.82) is 0 Å². The van der Waals surface area contributed by atoms with Crippen molar-refractivity contribution in [2.45, 2.75) is 17.8 Å². The summed E-state index contributed by atoms with van der Waals surface area (Å²) in [6, 6.07) is 18.1. The number of ether oxygens (including phenoxy) is 1. The molecule has 0 saturated carbocycles. The molecule has 2 N–H and O–H groups in total. The number of aliphatic hydroxyl groups is 1. The van der Waals surface area contributed by atoms with Crippen LogP contribution < -0.4 is 21.3 Å². The predicted octanol–water partition coefficient (Wildman–Crippen LogP) is 1.60. The maximum absolute atomic E-state index is 13.0. The SMILES string of the molecule is Cn1c(=O)c2c(nc(SCC(=O)Nc3ccccc3)n2C[C@H](O)COc2ccccc2)n(C)c1=O. The van der Waals surface area contributed by atoms with Gasteiger partial charge in [-0.25, -0.2) is 9.78 Å². The van der Waals surface area contributed by atoms with Crippen LogP contribution >= 0.6 is 11.8 Å². The first-order valence-corrected chi connectivity index (χ1v) is 11.8. The number of aromatic nitrogens is 4. The van der Waals surface area contributed by atoms with Gasteiger partial charge >= 0.3 is 5.69 Å². The van der Waals surface area contributed by atoms with Gasteiger partial charge < -0.3 is 19.7 Å². The molecular formula is C24H25N5O5S. The number of aryl methyl sites for hydroxylation is 1. The molecule has 0 fully saturated rings. The summed E-state index contributed by atoms with van der Waals surface area (Å²) < 4.78 is 9.44. The molecule has 0 saturated heterocycles. The highest BCUT2D eigenvalue weighted by atomic mass is 32.2. The zero-order valence-electron chi connectivity index (χ0n) is 19.2. The van der Waals surface area contributed by atoms with E-state index in [9.17, 15) is 19.5 Å². The Morgan fingerprint density at radius 2 is 1.71 bits per heavy atom. The van der Waals surface area contributed by atoms with Crippen molar-refractivity contribution in [3.05, 3.63) is 81.5 Å². The zero-order chi connectivity index (χ0) is 24.9. The second-order valence-electron chi connectivity index (χ2n) is 7.86. The van der Waals surface area contributed by atoms with Gasteiger partial charge in [-0.3, -0.25) is 18.7 Å². The first-order chi connectivity index (χ1) is 16.8. The fourth-order valence-corrected chi connectivity index (χ4v) is 4.33. The average Bonchev–Trinajstić information content (AvgIpc) is 3.23. The highest BCUT2D eigenvalue weighted by Crippen LogP contribution is 2.23. The molecule has 0 unspecified atom stereocenters. The Labute approximate surface area is 204 Å². The van der Waals surface area contributed by atoms with E-state index >= 15 is 0 Å². The summed E-state index contributed by atoms with van der Waals surface area (Å²) in [4.78, 5) is 42.3. The smallest absolute Gasteiger partial charge is 0.332 e. The standard InChI is InChI=1S/C24H25N5O5S/c1-27-21-20(22(32)28(2)24(27)33)29(13-17(30)14-34-18-11-7-4-8-12-18)23(26-21)35-15-19(31)25-16-9-5-3-6-10-16/h3-12,17,30H,13-15H2,1-2H3,(H,25,31)/t17-/m0/s1. The number of aliphatic hydroxyl groups excluding tert-OH is 1. The molecule has 1 amide bonds. The largest absolute Gasteiger partial charge is 0.491 e. The summed E-state index contributed by atoms with van der Waals surface area (Å²) in [5.41, 5.74) is -0.0400. The number of hydrogen-bond acceptors (Lipinski definition) is 7. The van der Waals surface area contributed by atoms with Crippen LogP contribution in [0.2, 0.25) is 0 Å². The van der Waals surface area contributed by atoms with Crippen molar-refractivity contribution < 1.29 is 14.6 Å². The number of fused-ring (bicyclic) bond motifs is 1. The van der Waals surface area contributed by atoms with Crippen LogP contribution in [0, 0.1) is 0 Å². The van der Waals surface area contributed by atoms with E-state index in [2.05, 4.69) is 10.3 Å². The van der Waals surface area contributed by atoms with Crippen LogP contribution in [0.4, 0.5) is 5.69 Å². The highest BCUT2D eigenvalue weighted by Gasteiger charge is 2.22. The monoisotopic (exact) mass is 495 g/mol. The topological polar surface area (TPSA) is 120 Å². The molecule has 4 rings (SSSR count). The lowest BCUT2D eigenvalue weighted by molar-refractivity contribution is -0.113. The molecule has 2 aromatic carbocycles. The number of carbonyl (C=O) groups is 1. The molecule has 2 aromatic heterocycles. The van der Waals surface area contributed by atoms with Crippen LogP contribution in [0.15, 0.2) is 75.4 Å². The number of benzene rings is 2. The molecule has 4 aromatic rings. The summed E-state index contributed by atoms with van der Waals surface area (Å²) in [7, 11) is 2.91. The highest BCUT2D eigenvalue weighted by molar-refractivity contribution is 7.99. The molecule has 0 spiro atoms. The molecule has 0 radical (unpaired) electrons. The summed E-state index contributed by atoms with van der Waals surface area (Å²) in [6.45, 7) is -0.0339. The van der Waals surface area contributed by atoms with E-state index in [0.29, 0.717) is 16.6 Å². The third-order valence-corrected chi connectivity index (χ3v) is 6.26. The molecule has 0 aliphatic heterocycles. The quantitative estimate of drug-likeness (QED) is 0.339. The van der Waals surface area contributed by atoms with E-state index in [1.165, 1.54) is 23.2 Å². The van der Waals surface area contributed by atoms with Gasteiger partial charge in [0.05, 0.1) is 12.3 Å². The Balaban J connectivity index is 1.60. The Morgan fingerprint density at radius 1 is 1.06 bits per heavy atom. The van der Waals surface area contributed by atoms with Crippen molar-refractivity contribution in [3.63, 3.8) is 0 Å². The Hall–Kier alpha value is -3.83. The normalized spacial score (nSPS) is 12.0. The van der Waals surface area contributed by atoms with Crippen LogP contribution in [-0.4, -0.2) is 48.2 Å². The minimum Gasteiger partial charge on any atom is -0.491 e. The fourth-order valence-electron chi connectivity index (χ4n) is 3.53. The number of carbonyl (C=O) groups excluding carboxylic acids is 1. The first-order valence-electron chi connectivity index (χ1n) is 10.8. The fraction of sp³-hybridized carbons (Fsp3) is 0.250. The molecule has 35 heavy (non-hydrogen) atoms. The zero-order valence-corrected chi connectivity index (χ0v) is 20.1. The lowest BCUT2D eigenvalue weighted by atomic mass is 10.3. The molecule has 10 nitrogen and oxygen atoms in total. The van der Waals surface area contributed by atoms with Crippen molar-refractivity contribution in [3.8, 4) is 5.75 Å². The second kappa shape index (κ2) is 10.6. The van der Waals surface area contributed by atoms with E-state index in [-0.39, 0.29) is 36.0 Å². The van der Waals surface area contributed by atoms with E-state index in [4.69, 9.17) is 4.74 Å². The number of anilines is 1. The lowest BCUT2D eigenvalue weighted by Crippen LogP contribution is -2.38. The van der Waals surface area contributed by atoms with Gasteiger partial charge in [-0.2, -0.15) is 0 Å². The van der Waals surface area contributed by atoms with Gasteiger partial charge in [0.15, 0.2) is 16.3 Å². The van der Waals surface area contributed by atoms with Crippen molar-refractivity contribution >= 4 is 34.5 Å². The van der Waals surface area contributed by atoms with Gasteiger partial charge in [0.1, 0.15) is 18.5 Å². The van der Waals surface area contributed by atoms with E-state index in [1.54, 1.807) is 24.3 Å². The first kappa shape index (κ1) is 24.3. The Morgan fingerprint density at radius 3 is 2.40 bits per heavy atom. The molecule has 0 aliphatic rings. The average molecular weight is 496 g/mol. The number of thioether (sulfide) groups is 1. The van der Waals surface area contributed by atoms with E-state index in [0.717, 1.165) is 16.3 Å². The minimum absolute atomic E-state index is 0.0145. The number of amides is 1. The molecule has 182 valence electrons. The maximum Gasteiger partial charge on any atom is 0.332 e. The van der Waals surface area contributed by atoms with Crippen LogP contribution in [0.5, 0.6) is 5.75 Å². The third kappa shape index (κ3) is 5.47. The third-order valence-electron chi connectivity index (χ3n) is 5.28. The Bertz CT molecular complexity index is 1450. The molecular weight excluding hydrogens is 470 g/mol. The number of nitrogens with zero attached hydrogens (tertiary/aromatic N) is 4.